The molecule has 15 aliphatic heterocycles. The van der Waals surface area contributed by atoms with Crippen molar-refractivity contribution < 1.29 is 125 Å². The lowest BCUT2D eigenvalue weighted by Gasteiger charge is -2.46. The molecule has 35 nitrogen and oxygen atoms in total. The predicted molar refractivity (Wildman–Crippen MR) is 523 cm³/mol. The van der Waals surface area contributed by atoms with E-state index in [0.717, 1.165) is 44.2 Å². The van der Waals surface area contributed by atoms with Crippen LogP contribution in [-0.4, -0.2) is 265 Å². The van der Waals surface area contributed by atoms with Crippen molar-refractivity contribution in [1.29, 1.82) is 0 Å². The highest BCUT2D eigenvalue weighted by molar-refractivity contribution is 6.03. The van der Waals surface area contributed by atoms with Crippen LogP contribution in [0.1, 0.15) is 144 Å². The molecule has 15 aromatic rings. The normalized spacial score (nSPS) is 25.6. The summed E-state index contributed by atoms with van der Waals surface area (Å²) in [5.41, 5.74) is 10.7. The van der Waals surface area contributed by atoms with Gasteiger partial charge >= 0.3 is 0 Å². The molecule has 5 saturated heterocycles. The fraction of sp³-hybridized carbons (Fsp3) is 0.273. The standard InChI is InChI=1S/5C22H19N3O4/c5*1-24-10-19(26)25-16(22(24)27)9-14-13-4-2-3-5-15(13)23-20(14)21(25)12-6-7-17-18(8-12)29-11-28-17/h5*2-8,16,21,23H,9-11H2,1H3/t5*16-,21?/m11111/s1/i2D,3D,4D,5D,6D,7D,8D;2D,3D,4D,5D,11D2;2D,3D,4D,5D;6D,7D,8D;11D2. The lowest BCUT2D eigenvalue weighted by atomic mass is 9.86. The van der Waals surface area contributed by atoms with Crippen molar-refractivity contribution in [3.05, 3.63) is 296 Å². The fourth-order valence-electron chi connectivity index (χ4n) is 22.7. The second-order valence-electron chi connectivity index (χ2n) is 37.3. The van der Waals surface area contributed by atoms with E-state index in [2.05, 4.69) is 24.9 Å². The number of likely N-dealkylation sites (N-methyl/N-ethyl adjacent to an activating group) is 5. The number of H-pyrrole nitrogens is 5. The molecule has 5 aromatic heterocycles. The highest BCUT2D eigenvalue weighted by Crippen LogP contribution is 2.53. The van der Waals surface area contributed by atoms with E-state index in [-0.39, 0.29) is 301 Å². The number of amides is 10. The molecule has 0 saturated carbocycles. The molecule has 10 amide bonds. The molecule has 20 heterocycles. The second kappa shape index (κ2) is 33.9. The Hall–Kier alpha value is -17.4. The largest absolute Gasteiger partial charge is 0.454 e. The van der Waals surface area contributed by atoms with Crippen LogP contribution in [0, 0.1) is 0 Å². The zero-order valence-electron chi connectivity index (χ0n) is 99.4. The number of rotatable bonds is 5. The van der Waals surface area contributed by atoms with Crippen LogP contribution >= 0.6 is 0 Å². The van der Waals surface area contributed by atoms with Crippen LogP contribution in [0.25, 0.3) is 54.5 Å². The Morgan fingerprint density at radius 3 is 0.848 bits per heavy atom. The van der Waals surface area contributed by atoms with Crippen LogP contribution in [0.15, 0.2) is 212 Å². The molecule has 0 bridgehead atoms. The Balaban J connectivity index is 0.000000102. The summed E-state index contributed by atoms with van der Waals surface area (Å²) in [6.07, 6.45) is 1.02. The van der Waals surface area contributed by atoms with Crippen molar-refractivity contribution >= 4 is 114 Å². The van der Waals surface area contributed by atoms with Gasteiger partial charge in [0, 0.05) is 150 Å². The van der Waals surface area contributed by atoms with Crippen LogP contribution < -0.4 is 47.4 Å². The predicted octanol–water partition coefficient (Wildman–Crippen LogP) is 11.1. The minimum absolute atomic E-state index is 0.0121. The van der Waals surface area contributed by atoms with Crippen LogP contribution in [-0.2, 0) is 80.0 Å². The highest BCUT2D eigenvalue weighted by atomic mass is 16.7. The van der Waals surface area contributed by atoms with Gasteiger partial charge in [-0.3, -0.25) is 47.9 Å². The molecule has 35 heteroatoms. The molecule has 30 rings (SSSR count). The maximum absolute atomic E-state index is 13.3. The first kappa shape index (κ1) is 67.1. The van der Waals surface area contributed by atoms with Gasteiger partial charge in [0.05, 0.1) is 87.6 Å². The van der Waals surface area contributed by atoms with Crippen LogP contribution in [0.5, 0.6) is 57.5 Å². The number of nitrogens with one attached hydrogen (secondary N) is 5. The molecule has 0 radical (unpaired) electrons. The van der Waals surface area contributed by atoms with E-state index in [4.69, 9.17) is 77.5 Å². The van der Waals surface area contributed by atoms with Gasteiger partial charge in [-0.05, 0) is 146 Å². The minimum Gasteiger partial charge on any atom is -0.454 e. The Bertz CT molecular complexity index is 9460. The van der Waals surface area contributed by atoms with Crippen molar-refractivity contribution in [1.82, 2.24) is 73.9 Å². The van der Waals surface area contributed by atoms with E-state index in [0.29, 0.717) is 85.8 Å². The molecule has 5 fully saturated rings. The minimum atomic E-state index is -2.34. The topological polar surface area (TPSA) is 374 Å². The zero-order chi connectivity index (χ0) is 118. The van der Waals surface area contributed by atoms with E-state index in [1.165, 1.54) is 52.3 Å². The first-order valence-electron chi connectivity index (χ1n) is 57.5. The number of ether oxygens (including phenoxy) is 10. The van der Waals surface area contributed by atoms with E-state index in [1.54, 1.807) is 86.5 Å². The average molecular weight is 1970 g/mol. The number of piperazine rings is 5. The molecule has 0 aliphatic carbocycles. The van der Waals surface area contributed by atoms with Crippen LogP contribution in [0.2, 0.25) is 0 Å². The Kier molecular flexibility index (Phi) is 15.7. The summed E-state index contributed by atoms with van der Waals surface area (Å²) >= 11 is 0. The van der Waals surface area contributed by atoms with Gasteiger partial charge in [0.25, 0.3) is 0 Å². The molecular formula is C110H95N15O20. The summed E-state index contributed by atoms with van der Waals surface area (Å²) in [4.78, 5) is 162. The van der Waals surface area contributed by atoms with Crippen molar-refractivity contribution in [3.8, 4) is 57.5 Å². The monoisotopic (exact) mass is 1970 g/mol. The number of aromatic nitrogens is 5. The van der Waals surface area contributed by atoms with E-state index in [1.807, 2.05) is 48.5 Å². The molecule has 10 atom stereocenters. The van der Waals surface area contributed by atoms with Crippen LogP contribution in [0.4, 0.5) is 0 Å². The van der Waals surface area contributed by atoms with Gasteiger partial charge in [-0.25, -0.2) is 0 Å². The third-order valence-corrected chi connectivity index (χ3v) is 29.2. The van der Waals surface area contributed by atoms with Gasteiger partial charge in [-0.15, -0.1) is 0 Å². The smallest absolute Gasteiger partial charge is 0.245 e. The number of nitrogens with zero attached hydrogens (tertiary/aromatic N) is 10. The quantitative estimate of drug-likeness (QED) is 0.107. The Morgan fingerprint density at radius 2 is 0.517 bits per heavy atom. The van der Waals surface area contributed by atoms with Gasteiger partial charge in [-0.1, -0.05) is 121 Å². The second-order valence-corrected chi connectivity index (χ2v) is 37.3. The van der Waals surface area contributed by atoms with Gasteiger partial charge < -0.3 is 121 Å². The van der Waals surface area contributed by atoms with E-state index >= 15 is 0 Å². The van der Waals surface area contributed by atoms with E-state index < -0.39 is 91.9 Å². The van der Waals surface area contributed by atoms with Crippen molar-refractivity contribution in [2.45, 2.75) is 92.5 Å². The van der Waals surface area contributed by atoms with Crippen molar-refractivity contribution in [2.75, 3.05) is 102 Å². The van der Waals surface area contributed by atoms with Gasteiger partial charge in [0.15, 0.2) is 57.5 Å². The Labute approximate surface area is 857 Å². The van der Waals surface area contributed by atoms with Crippen LogP contribution in [0.3, 0.4) is 0 Å². The Morgan fingerprint density at radius 1 is 0.262 bits per heavy atom. The third-order valence-electron chi connectivity index (χ3n) is 29.2. The SMILES string of the molecule is [2H]C1([2H])Oc2ccc(C3c4[nH]c5ccccc5c4C[C@@H]4C(=O)N(C)CC(=O)N34)cc2O1.[2H]c1c([2H])c(C2c3[nH]c4c([2H])c([2H])c([2H])c([2H])c4c3C[C@@H]3C(=O)N(C)CC(=O)N23)c([2H])c2c1OCO2.[2H]c1c([2H])c(C2c3[nH]c4ccccc4c3C[C@@H]3C(=O)N(C)CC(=O)N23)c([2H])c2c1OCO2.[2H]c1c([2H])c([2H])c2c3c([nH]c2c1[2H])C(c1ccc2c(c1)OC([2H])([2H])O2)N1C(=O)CN(C)C(=O)[C@H]1C3.[2H]c1c([2H])c([2H])c2c3c([nH]c2c1[2H])C(c1ccc2c(c1)OCO2)N1C(=O)CN(C)C(=O)[C@H]1C3. The number of para-hydroxylation sites is 5. The third kappa shape index (κ3) is 14.2. The lowest BCUT2D eigenvalue weighted by molar-refractivity contribution is -0.157. The molecule has 10 aromatic carbocycles. The summed E-state index contributed by atoms with van der Waals surface area (Å²) in [5, 5.41) is 2.81. The average Bonchev–Trinajstić information content (AvgIpc) is 1.63. The zero-order valence-corrected chi connectivity index (χ0v) is 77.4. The molecule has 15 aliphatic rings. The van der Waals surface area contributed by atoms with Crippen molar-refractivity contribution in [3.63, 3.8) is 0 Å². The fourth-order valence-corrected chi connectivity index (χ4v) is 22.7. The molecule has 145 heavy (non-hydrogen) atoms. The number of benzene rings is 10. The van der Waals surface area contributed by atoms with Gasteiger partial charge in [0.1, 0.15) is 35.7 Å². The first-order chi connectivity index (χ1) is 79.5. The first-order valence-corrected chi connectivity index (χ1v) is 46.5. The number of aromatic amines is 5. The molecule has 5 unspecified atom stereocenters. The van der Waals surface area contributed by atoms with Crippen molar-refractivity contribution in [2.24, 2.45) is 0 Å². The number of carbonyl (C=O) groups is 10. The summed E-state index contributed by atoms with van der Waals surface area (Å²) in [5.74, 6) is -0.347. The summed E-state index contributed by atoms with van der Waals surface area (Å²) in [7, 11) is 7.89. The summed E-state index contributed by atoms with van der Waals surface area (Å²) in [6, 6.07) is 17.4. The van der Waals surface area contributed by atoms with E-state index in [9.17, 15) is 47.9 Å². The molecular weight excluding hydrogens is 1850 g/mol. The molecule has 0 spiro atoms. The number of carbonyl (C=O) groups excluding carboxylic acids is 10. The maximum Gasteiger partial charge on any atom is 0.245 e. The van der Waals surface area contributed by atoms with Gasteiger partial charge in [-0.2, -0.15) is 0 Å². The summed E-state index contributed by atoms with van der Waals surface area (Å²) in [6.45, 7) is -5.28. The highest BCUT2D eigenvalue weighted by Gasteiger charge is 2.55. The number of hydrogen-bond acceptors (Lipinski definition) is 20. The maximum atomic E-state index is 13.3. The molecule has 730 valence electrons. The number of hydrogen-bond donors (Lipinski definition) is 5. The lowest BCUT2D eigenvalue weighted by Crippen LogP contribution is -2.62. The van der Waals surface area contributed by atoms with Gasteiger partial charge in [0.2, 0.25) is 92.9 Å². The summed E-state index contributed by atoms with van der Waals surface area (Å²) < 4.78 is 235. The number of fused-ring (bicyclic) bond motifs is 25. The molecule has 5 N–H and O–H groups in total.